The molecule has 1 heterocycles. The number of allylic oxidation sites excluding steroid dienone is 3. The van der Waals surface area contributed by atoms with Crippen molar-refractivity contribution in [2.45, 2.75) is 6.92 Å². The second kappa shape index (κ2) is 6.82. The van der Waals surface area contributed by atoms with E-state index in [4.69, 9.17) is 0 Å². The van der Waals surface area contributed by atoms with Gasteiger partial charge in [0.05, 0.1) is 11.6 Å². The van der Waals surface area contributed by atoms with E-state index in [-0.39, 0.29) is 44.0 Å². The number of likely N-dealkylation sites (N-methyl/N-ethyl adjacent to an activating group) is 1. The molecule has 1 aromatic rings. The molecule has 2 rings (SSSR count). The van der Waals surface area contributed by atoms with E-state index in [1.807, 2.05) is 6.92 Å². The van der Waals surface area contributed by atoms with Crippen molar-refractivity contribution in [3.63, 3.8) is 0 Å². The minimum atomic E-state index is -0.477. The van der Waals surface area contributed by atoms with Gasteiger partial charge in [-0.1, -0.05) is 22.8 Å². The molecule has 0 saturated heterocycles. The van der Waals surface area contributed by atoms with Crippen molar-refractivity contribution in [2.75, 3.05) is 6.54 Å². The standard InChI is InChI=1S/C14H12BrFNO.Y/c1-3-17-9(2)10(15)7-8-12(17)14-11(16)5-4-6-13(14)18;/h4-7,18H,2-3H2,1H3;/q-1;. The largest absolute Gasteiger partial charge is 0.520 e. The van der Waals surface area contributed by atoms with Crippen molar-refractivity contribution >= 4 is 21.6 Å². The number of benzene rings is 1. The Morgan fingerprint density at radius 2 is 2.16 bits per heavy atom. The zero-order valence-electron chi connectivity index (χ0n) is 10.5. The molecule has 0 spiro atoms. The summed E-state index contributed by atoms with van der Waals surface area (Å²) in [5, 5.41) is 9.82. The van der Waals surface area contributed by atoms with Crippen molar-refractivity contribution in [3.8, 4) is 5.75 Å². The first-order valence-electron chi connectivity index (χ1n) is 5.50. The summed E-state index contributed by atoms with van der Waals surface area (Å²) in [5.41, 5.74) is 1.35. The summed E-state index contributed by atoms with van der Waals surface area (Å²) in [6.07, 6.45) is 4.65. The monoisotopic (exact) mass is 397 g/mol. The van der Waals surface area contributed by atoms with Crippen LogP contribution in [0.15, 0.2) is 41.0 Å². The predicted octanol–water partition coefficient (Wildman–Crippen LogP) is 3.80. The molecule has 1 aromatic carbocycles. The summed E-state index contributed by atoms with van der Waals surface area (Å²) in [6.45, 7) is 6.46. The van der Waals surface area contributed by atoms with E-state index in [1.54, 1.807) is 11.0 Å². The van der Waals surface area contributed by atoms with E-state index in [2.05, 4.69) is 28.6 Å². The zero-order chi connectivity index (χ0) is 13.3. The van der Waals surface area contributed by atoms with E-state index < -0.39 is 5.82 Å². The van der Waals surface area contributed by atoms with Crippen molar-refractivity contribution in [1.82, 2.24) is 4.90 Å². The van der Waals surface area contributed by atoms with E-state index in [0.717, 1.165) is 4.48 Å². The molecule has 2 nitrogen and oxygen atoms in total. The third-order valence-electron chi connectivity index (χ3n) is 2.75. The molecule has 1 radical (unpaired) electrons. The molecule has 19 heavy (non-hydrogen) atoms. The van der Waals surface area contributed by atoms with Gasteiger partial charge in [0.25, 0.3) is 0 Å². The normalized spacial score (nSPS) is 14.7. The van der Waals surface area contributed by atoms with E-state index in [0.29, 0.717) is 17.9 Å². The van der Waals surface area contributed by atoms with Crippen LogP contribution >= 0.6 is 15.9 Å². The van der Waals surface area contributed by atoms with Crippen molar-refractivity contribution in [1.29, 1.82) is 0 Å². The van der Waals surface area contributed by atoms with Gasteiger partial charge in [0.2, 0.25) is 0 Å². The summed E-state index contributed by atoms with van der Waals surface area (Å²) in [5.74, 6) is -0.578. The van der Waals surface area contributed by atoms with Gasteiger partial charge in [-0.3, -0.25) is 0 Å². The molecule has 5 heteroatoms. The number of phenolic OH excluding ortho intramolecular Hbond substituents is 1. The average molecular weight is 398 g/mol. The van der Waals surface area contributed by atoms with Crippen LogP contribution in [-0.4, -0.2) is 16.6 Å². The molecule has 1 N–H and O–H groups in total. The Hall–Kier alpha value is -0.446. The minimum Gasteiger partial charge on any atom is -0.520 e. The maximum absolute atomic E-state index is 13.9. The summed E-state index contributed by atoms with van der Waals surface area (Å²) in [4.78, 5) is 1.79. The van der Waals surface area contributed by atoms with Crippen LogP contribution in [0.4, 0.5) is 4.39 Å². The number of hydrogen-bond acceptors (Lipinski definition) is 2. The third kappa shape index (κ3) is 3.18. The fraction of sp³-hybridized carbons (Fsp3) is 0.143. The number of rotatable bonds is 2. The molecule has 97 valence electrons. The number of phenols is 1. The molecular weight excluding hydrogens is 386 g/mol. The van der Waals surface area contributed by atoms with E-state index in [9.17, 15) is 9.50 Å². The molecule has 0 unspecified atom stereocenters. The number of hydrogen-bond donors (Lipinski definition) is 1. The number of aromatic hydroxyl groups is 1. The summed E-state index contributed by atoms with van der Waals surface area (Å²) in [6, 6.07) is 4.24. The fourth-order valence-corrected chi connectivity index (χ4v) is 2.19. The SMILES string of the molecule is C=C1C(Br)=C[C-]=C(c2c(O)cccc2F)N1CC.[Y]. The van der Waals surface area contributed by atoms with Crippen LogP contribution < -0.4 is 0 Å². The molecule has 0 fully saturated rings. The molecule has 0 atom stereocenters. The zero-order valence-corrected chi connectivity index (χ0v) is 14.9. The Labute approximate surface area is 145 Å². The first-order chi connectivity index (χ1) is 8.56. The molecule has 0 saturated carbocycles. The maximum atomic E-state index is 13.9. The van der Waals surface area contributed by atoms with Gasteiger partial charge in [0.15, 0.2) is 0 Å². The Kier molecular flexibility index (Phi) is 5.96. The summed E-state index contributed by atoms with van der Waals surface area (Å²) in [7, 11) is 0. The van der Waals surface area contributed by atoms with Gasteiger partial charge in [-0.15, -0.1) is 15.9 Å². The van der Waals surface area contributed by atoms with Crippen LogP contribution in [0.25, 0.3) is 5.70 Å². The van der Waals surface area contributed by atoms with Gasteiger partial charge in [0.1, 0.15) is 0 Å². The third-order valence-corrected chi connectivity index (χ3v) is 3.44. The first kappa shape index (κ1) is 16.6. The van der Waals surface area contributed by atoms with Gasteiger partial charge in [-0.25, -0.2) is 4.39 Å². The van der Waals surface area contributed by atoms with E-state index in [1.165, 1.54) is 18.2 Å². The van der Waals surface area contributed by atoms with Crippen LogP contribution in [0.3, 0.4) is 0 Å². The molecule has 1 aliphatic rings. The van der Waals surface area contributed by atoms with E-state index >= 15 is 0 Å². The Balaban J connectivity index is 0.00000180. The maximum Gasteiger partial charge on any atom is 0.0817 e. The van der Waals surface area contributed by atoms with Crippen molar-refractivity contribution in [3.05, 3.63) is 58.5 Å². The first-order valence-corrected chi connectivity index (χ1v) is 6.29. The fourth-order valence-electron chi connectivity index (χ4n) is 1.86. The Morgan fingerprint density at radius 1 is 1.47 bits per heavy atom. The number of nitrogens with zero attached hydrogens (tertiary/aromatic N) is 1. The van der Waals surface area contributed by atoms with Gasteiger partial charge in [-0.2, -0.15) is 12.2 Å². The second-order valence-electron chi connectivity index (χ2n) is 3.81. The van der Waals surface area contributed by atoms with Gasteiger partial charge in [-0.05, 0) is 30.3 Å². The van der Waals surface area contributed by atoms with Gasteiger partial charge in [0, 0.05) is 39.3 Å². The molecule has 1 aliphatic heterocycles. The summed E-state index contributed by atoms with van der Waals surface area (Å²) < 4.78 is 14.7. The summed E-state index contributed by atoms with van der Waals surface area (Å²) >= 11 is 3.36. The van der Waals surface area contributed by atoms with Crippen LogP contribution in [0.5, 0.6) is 5.75 Å². The Bertz CT molecular complexity index is 548. The molecular formula is C14H12BrFNOY-. The molecule has 0 bridgehead atoms. The molecule has 0 amide bonds. The van der Waals surface area contributed by atoms with Crippen LogP contribution in [0.2, 0.25) is 0 Å². The number of halogens is 2. The second-order valence-corrected chi connectivity index (χ2v) is 4.66. The topological polar surface area (TPSA) is 23.5 Å². The molecule has 0 aliphatic carbocycles. The van der Waals surface area contributed by atoms with Gasteiger partial charge >= 0.3 is 0 Å². The van der Waals surface area contributed by atoms with Crippen molar-refractivity contribution in [2.24, 2.45) is 0 Å². The van der Waals surface area contributed by atoms with Gasteiger partial charge < -0.3 is 10.0 Å². The minimum absolute atomic E-state index is 0. The molecule has 0 aromatic heterocycles. The average Bonchev–Trinajstić information content (AvgIpc) is 2.33. The van der Waals surface area contributed by atoms with Crippen LogP contribution in [0.1, 0.15) is 12.5 Å². The van der Waals surface area contributed by atoms with Crippen LogP contribution in [-0.2, 0) is 32.7 Å². The Morgan fingerprint density at radius 3 is 2.74 bits per heavy atom. The van der Waals surface area contributed by atoms with Crippen molar-refractivity contribution < 1.29 is 42.2 Å². The smallest absolute Gasteiger partial charge is 0.0817 e. The predicted molar refractivity (Wildman–Crippen MR) is 73.2 cm³/mol. The quantitative estimate of drug-likeness (QED) is 0.767. The van der Waals surface area contributed by atoms with Crippen LogP contribution in [0, 0.1) is 11.9 Å².